The maximum absolute atomic E-state index is 13.1. The molecule has 0 saturated heterocycles. The van der Waals surface area contributed by atoms with Gasteiger partial charge in [-0.1, -0.05) is 17.7 Å². The highest BCUT2D eigenvalue weighted by Gasteiger charge is 2.10. The Morgan fingerprint density at radius 1 is 1.53 bits per heavy atom. The summed E-state index contributed by atoms with van der Waals surface area (Å²) in [5.74, 6) is -0.515. The largest absolute Gasteiger partial charge is 0.355 e. The number of carbonyl (C=O) groups is 1. The van der Waals surface area contributed by atoms with Crippen molar-refractivity contribution in [1.29, 1.82) is 0 Å². The Bertz CT molecular complexity index is 398. The van der Waals surface area contributed by atoms with Crippen molar-refractivity contribution in [3.05, 3.63) is 34.6 Å². The molecule has 1 unspecified atom stereocenters. The molecule has 0 aliphatic rings. The summed E-state index contributed by atoms with van der Waals surface area (Å²) in [7, 11) is 0. The van der Waals surface area contributed by atoms with Crippen LogP contribution in [-0.4, -0.2) is 18.5 Å². The van der Waals surface area contributed by atoms with Gasteiger partial charge in [0.05, 0.1) is 11.1 Å². The summed E-state index contributed by atoms with van der Waals surface area (Å²) in [6, 6.07) is 4.28. The summed E-state index contributed by atoms with van der Waals surface area (Å²) in [4.78, 5) is 11.4. The zero-order valence-electron chi connectivity index (χ0n) is 9.89. The van der Waals surface area contributed by atoms with Crippen LogP contribution in [-0.2, 0) is 11.3 Å². The summed E-state index contributed by atoms with van der Waals surface area (Å²) in [6.45, 7) is 4.64. The number of nitrogens with one attached hydrogen (secondary N) is 2. The number of likely N-dealkylation sites (N-methyl/N-ethyl adjacent to an activating group) is 1. The van der Waals surface area contributed by atoms with Crippen LogP contribution in [0.1, 0.15) is 19.4 Å². The van der Waals surface area contributed by atoms with E-state index in [2.05, 4.69) is 10.6 Å². The first-order chi connectivity index (χ1) is 8.04. The van der Waals surface area contributed by atoms with Gasteiger partial charge in [0.1, 0.15) is 5.82 Å². The monoisotopic (exact) mass is 258 g/mol. The molecule has 0 aliphatic carbocycles. The third-order valence-corrected chi connectivity index (χ3v) is 2.65. The van der Waals surface area contributed by atoms with Gasteiger partial charge in [-0.15, -0.1) is 0 Å². The average molecular weight is 259 g/mol. The summed E-state index contributed by atoms with van der Waals surface area (Å²) >= 11 is 5.58. The molecule has 5 heteroatoms. The maximum atomic E-state index is 13.1. The van der Waals surface area contributed by atoms with Crippen LogP contribution in [0.2, 0.25) is 5.02 Å². The van der Waals surface area contributed by atoms with Gasteiger partial charge in [-0.05, 0) is 31.5 Å². The second-order valence-electron chi connectivity index (χ2n) is 3.75. The van der Waals surface area contributed by atoms with Gasteiger partial charge in [0.15, 0.2) is 0 Å². The van der Waals surface area contributed by atoms with E-state index in [-0.39, 0.29) is 17.0 Å². The van der Waals surface area contributed by atoms with Crippen LogP contribution in [0.3, 0.4) is 0 Å². The second-order valence-corrected chi connectivity index (χ2v) is 4.15. The molecule has 1 amide bonds. The van der Waals surface area contributed by atoms with Gasteiger partial charge in [0.2, 0.25) is 5.91 Å². The van der Waals surface area contributed by atoms with Crippen LogP contribution >= 0.6 is 11.6 Å². The first-order valence-corrected chi connectivity index (χ1v) is 5.87. The summed E-state index contributed by atoms with van der Waals surface area (Å²) < 4.78 is 13.1. The maximum Gasteiger partial charge on any atom is 0.236 e. The molecular formula is C12H16ClFN2O. The number of carbonyl (C=O) groups excluding carboxylic acids is 1. The first-order valence-electron chi connectivity index (χ1n) is 5.49. The van der Waals surface area contributed by atoms with E-state index in [1.165, 1.54) is 12.1 Å². The van der Waals surface area contributed by atoms with Gasteiger partial charge in [-0.2, -0.15) is 0 Å². The number of amides is 1. The lowest BCUT2D eigenvalue weighted by Crippen LogP contribution is -2.41. The minimum atomic E-state index is -0.448. The fourth-order valence-corrected chi connectivity index (χ4v) is 1.46. The molecule has 0 aromatic heterocycles. The predicted octanol–water partition coefficient (Wildman–Crippen LogP) is 2.09. The fourth-order valence-electron chi connectivity index (χ4n) is 1.34. The Kier molecular flexibility index (Phi) is 5.38. The molecule has 2 N–H and O–H groups in total. The van der Waals surface area contributed by atoms with Gasteiger partial charge in [-0.3, -0.25) is 4.79 Å². The molecule has 0 heterocycles. The lowest BCUT2D eigenvalue weighted by atomic mass is 10.2. The van der Waals surface area contributed by atoms with Gasteiger partial charge in [0.25, 0.3) is 0 Å². The Hall–Kier alpha value is -1.13. The zero-order chi connectivity index (χ0) is 12.8. The van der Waals surface area contributed by atoms with Crippen molar-refractivity contribution in [1.82, 2.24) is 10.6 Å². The first kappa shape index (κ1) is 13.9. The van der Waals surface area contributed by atoms with Crippen LogP contribution in [0.25, 0.3) is 0 Å². The van der Waals surface area contributed by atoms with E-state index in [4.69, 9.17) is 11.6 Å². The molecule has 0 bridgehead atoms. The predicted molar refractivity (Wildman–Crippen MR) is 66.4 cm³/mol. The highest BCUT2D eigenvalue weighted by atomic mass is 35.5. The average Bonchev–Trinajstić information content (AvgIpc) is 2.30. The van der Waals surface area contributed by atoms with Crippen LogP contribution in [0.4, 0.5) is 4.39 Å². The molecule has 1 aromatic rings. The van der Waals surface area contributed by atoms with Gasteiger partial charge >= 0.3 is 0 Å². The van der Waals surface area contributed by atoms with Crippen molar-refractivity contribution in [3.63, 3.8) is 0 Å². The zero-order valence-corrected chi connectivity index (χ0v) is 10.6. The van der Waals surface area contributed by atoms with Crippen molar-refractivity contribution in [2.75, 3.05) is 6.54 Å². The molecule has 3 nitrogen and oxygen atoms in total. The van der Waals surface area contributed by atoms with Crippen molar-refractivity contribution >= 4 is 17.5 Å². The lowest BCUT2D eigenvalue weighted by molar-refractivity contribution is -0.122. The third kappa shape index (κ3) is 4.32. The number of benzene rings is 1. The summed E-state index contributed by atoms with van der Waals surface area (Å²) in [5.41, 5.74) is 0.753. The Labute approximate surface area is 105 Å². The topological polar surface area (TPSA) is 41.1 Å². The molecule has 17 heavy (non-hydrogen) atoms. The van der Waals surface area contributed by atoms with E-state index in [9.17, 15) is 9.18 Å². The molecule has 0 spiro atoms. The number of hydrogen-bond acceptors (Lipinski definition) is 2. The van der Waals surface area contributed by atoms with Gasteiger partial charge in [-0.25, -0.2) is 4.39 Å². The normalized spacial score (nSPS) is 12.2. The van der Waals surface area contributed by atoms with Crippen molar-refractivity contribution < 1.29 is 9.18 Å². The lowest BCUT2D eigenvalue weighted by Gasteiger charge is -2.13. The molecule has 0 radical (unpaired) electrons. The number of halogens is 2. The molecule has 1 rings (SSSR count). The van der Waals surface area contributed by atoms with E-state index in [1.807, 2.05) is 6.92 Å². The SMILES string of the molecule is CCNC(=O)C(C)NCc1ccc(Cl)c(F)c1. The Morgan fingerprint density at radius 3 is 2.82 bits per heavy atom. The molecule has 94 valence electrons. The molecule has 0 aliphatic heterocycles. The molecule has 0 saturated carbocycles. The third-order valence-electron chi connectivity index (χ3n) is 2.34. The quantitative estimate of drug-likeness (QED) is 0.849. The van der Waals surface area contributed by atoms with Crippen molar-refractivity contribution in [2.24, 2.45) is 0 Å². The van der Waals surface area contributed by atoms with Crippen molar-refractivity contribution in [3.8, 4) is 0 Å². The van der Waals surface area contributed by atoms with Crippen LogP contribution in [0.5, 0.6) is 0 Å². The number of hydrogen-bond donors (Lipinski definition) is 2. The standard InChI is InChI=1S/C12H16ClFN2O/c1-3-15-12(17)8(2)16-7-9-4-5-10(13)11(14)6-9/h4-6,8,16H,3,7H2,1-2H3,(H,15,17). The molecular weight excluding hydrogens is 243 g/mol. The Balaban J connectivity index is 2.50. The van der Waals surface area contributed by atoms with Gasteiger partial charge in [0, 0.05) is 13.1 Å². The van der Waals surface area contributed by atoms with Crippen LogP contribution in [0.15, 0.2) is 18.2 Å². The van der Waals surface area contributed by atoms with E-state index < -0.39 is 5.82 Å². The highest BCUT2D eigenvalue weighted by Crippen LogP contribution is 2.15. The van der Waals surface area contributed by atoms with Gasteiger partial charge < -0.3 is 10.6 Å². The molecule has 1 aromatic carbocycles. The van der Waals surface area contributed by atoms with E-state index in [1.54, 1.807) is 13.0 Å². The van der Waals surface area contributed by atoms with Crippen LogP contribution in [0, 0.1) is 5.82 Å². The second kappa shape index (κ2) is 6.57. The Morgan fingerprint density at radius 2 is 2.24 bits per heavy atom. The minimum absolute atomic E-state index is 0.0677. The van der Waals surface area contributed by atoms with E-state index >= 15 is 0 Å². The van der Waals surface area contributed by atoms with E-state index in [0.717, 1.165) is 5.56 Å². The van der Waals surface area contributed by atoms with E-state index in [0.29, 0.717) is 13.1 Å². The smallest absolute Gasteiger partial charge is 0.236 e. The summed E-state index contributed by atoms with van der Waals surface area (Å²) in [5, 5.41) is 5.82. The molecule has 1 atom stereocenters. The number of rotatable bonds is 5. The van der Waals surface area contributed by atoms with Crippen LogP contribution < -0.4 is 10.6 Å². The fraction of sp³-hybridized carbons (Fsp3) is 0.417. The highest BCUT2D eigenvalue weighted by molar-refractivity contribution is 6.30. The van der Waals surface area contributed by atoms with Crippen molar-refractivity contribution in [2.45, 2.75) is 26.4 Å². The minimum Gasteiger partial charge on any atom is -0.355 e. The summed E-state index contributed by atoms with van der Waals surface area (Å²) in [6.07, 6.45) is 0. The molecule has 0 fully saturated rings.